The van der Waals surface area contributed by atoms with Gasteiger partial charge < -0.3 is 9.84 Å². The Hall–Kier alpha value is -1.32. The molecule has 4 nitrogen and oxygen atoms in total. The number of hydrogen-bond acceptors (Lipinski definition) is 3. The predicted molar refractivity (Wildman–Crippen MR) is 70.7 cm³/mol. The molecular weight excluding hydrogens is 256 g/mol. The second-order valence-corrected chi connectivity index (χ2v) is 6.99. The first kappa shape index (κ1) is 12.4. The van der Waals surface area contributed by atoms with E-state index < -0.39 is 17.8 Å². The zero-order chi connectivity index (χ0) is 13.9. The lowest BCUT2D eigenvalue weighted by Gasteiger charge is -2.27. The number of carboxylic acid groups (broad SMARTS) is 1. The predicted octanol–water partition coefficient (Wildman–Crippen LogP) is 2.24. The Morgan fingerprint density at radius 3 is 2.35 bits per heavy atom. The van der Waals surface area contributed by atoms with Gasteiger partial charge in [0.15, 0.2) is 0 Å². The van der Waals surface area contributed by atoms with Crippen molar-refractivity contribution in [2.24, 2.45) is 35.5 Å². The van der Waals surface area contributed by atoms with Gasteiger partial charge in [-0.05, 0) is 55.8 Å². The van der Waals surface area contributed by atoms with Gasteiger partial charge in [-0.3, -0.25) is 9.59 Å². The molecule has 4 rings (SSSR count). The van der Waals surface area contributed by atoms with Crippen LogP contribution >= 0.6 is 0 Å². The van der Waals surface area contributed by atoms with Crippen LogP contribution in [0.25, 0.3) is 0 Å². The molecule has 4 aliphatic carbocycles. The van der Waals surface area contributed by atoms with Crippen LogP contribution in [0.1, 0.15) is 32.1 Å². The fourth-order valence-corrected chi connectivity index (χ4v) is 5.04. The third-order valence-electron chi connectivity index (χ3n) is 5.96. The average molecular weight is 276 g/mol. The lowest BCUT2D eigenvalue weighted by atomic mass is 9.83. The number of allylic oxidation sites excluding steroid dienone is 2. The SMILES string of the molecule is O=C(O)[C@H]1[C@H](C(=O)O[C@@H]2C[C@@H]3CC[C@H]2C3)[C@H]2C=C[C@@H]1C2. The van der Waals surface area contributed by atoms with Gasteiger partial charge in [-0.2, -0.15) is 0 Å². The summed E-state index contributed by atoms with van der Waals surface area (Å²) >= 11 is 0. The van der Waals surface area contributed by atoms with Gasteiger partial charge in [-0.15, -0.1) is 0 Å². The third kappa shape index (κ3) is 1.73. The molecule has 0 spiro atoms. The quantitative estimate of drug-likeness (QED) is 0.634. The Kier molecular flexibility index (Phi) is 2.69. The van der Waals surface area contributed by atoms with Crippen molar-refractivity contribution >= 4 is 11.9 Å². The summed E-state index contributed by atoms with van der Waals surface area (Å²) in [7, 11) is 0. The van der Waals surface area contributed by atoms with Crippen molar-refractivity contribution in [1.29, 1.82) is 0 Å². The molecule has 4 aliphatic rings. The minimum absolute atomic E-state index is 0.0232. The van der Waals surface area contributed by atoms with E-state index >= 15 is 0 Å². The maximum absolute atomic E-state index is 12.5. The molecule has 4 heteroatoms. The van der Waals surface area contributed by atoms with Crippen molar-refractivity contribution in [2.45, 2.75) is 38.2 Å². The first-order valence-electron chi connectivity index (χ1n) is 7.75. The number of hydrogen-bond donors (Lipinski definition) is 1. The molecule has 0 amide bonds. The van der Waals surface area contributed by atoms with Gasteiger partial charge in [0.25, 0.3) is 0 Å². The number of ether oxygens (including phenoxy) is 1. The van der Waals surface area contributed by atoms with Crippen molar-refractivity contribution in [3.63, 3.8) is 0 Å². The number of esters is 1. The zero-order valence-corrected chi connectivity index (χ0v) is 11.4. The molecule has 0 aromatic rings. The maximum Gasteiger partial charge on any atom is 0.310 e. The summed E-state index contributed by atoms with van der Waals surface area (Å²) in [4.78, 5) is 23.9. The van der Waals surface area contributed by atoms with E-state index in [1.807, 2.05) is 12.2 Å². The number of carbonyl (C=O) groups is 2. The van der Waals surface area contributed by atoms with E-state index in [2.05, 4.69) is 0 Å². The number of carboxylic acids is 1. The van der Waals surface area contributed by atoms with Crippen LogP contribution in [0.2, 0.25) is 0 Å². The summed E-state index contributed by atoms with van der Waals surface area (Å²) in [6.07, 6.45) is 9.45. The third-order valence-corrected chi connectivity index (χ3v) is 5.96. The summed E-state index contributed by atoms with van der Waals surface area (Å²) in [6, 6.07) is 0. The maximum atomic E-state index is 12.5. The number of fused-ring (bicyclic) bond motifs is 4. The van der Waals surface area contributed by atoms with E-state index in [9.17, 15) is 14.7 Å². The molecule has 0 radical (unpaired) electrons. The van der Waals surface area contributed by atoms with Gasteiger partial charge in [0.05, 0.1) is 11.8 Å². The Morgan fingerprint density at radius 1 is 1.00 bits per heavy atom. The Labute approximate surface area is 118 Å². The first-order valence-corrected chi connectivity index (χ1v) is 7.75. The van der Waals surface area contributed by atoms with Crippen LogP contribution in [0.3, 0.4) is 0 Å². The molecule has 20 heavy (non-hydrogen) atoms. The van der Waals surface area contributed by atoms with E-state index in [1.165, 1.54) is 19.3 Å². The highest BCUT2D eigenvalue weighted by molar-refractivity contribution is 5.83. The second kappa shape index (κ2) is 4.34. The monoisotopic (exact) mass is 276 g/mol. The summed E-state index contributed by atoms with van der Waals surface area (Å²) in [5.74, 6) is -0.780. The standard InChI is InChI=1S/C16H20O4/c17-15(18)13-10-3-4-11(7-10)14(13)16(19)20-12-6-8-1-2-9(12)5-8/h3-4,8-14H,1-2,5-7H2,(H,17,18)/t8-,9+,10-,11+,12-,13-,14-/m1/s1. The van der Waals surface area contributed by atoms with Gasteiger partial charge in [0.1, 0.15) is 6.10 Å². The summed E-state index contributed by atoms with van der Waals surface area (Å²) in [5.41, 5.74) is 0. The molecule has 3 fully saturated rings. The normalized spacial score (nSPS) is 47.9. The highest BCUT2D eigenvalue weighted by Crippen LogP contribution is 2.50. The fourth-order valence-electron chi connectivity index (χ4n) is 5.04. The minimum Gasteiger partial charge on any atom is -0.481 e. The molecule has 3 saturated carbocycles. The molecule has 0 aliphatic heterocycles. The topological polar surface area (TPSA) is 63.6 Å². The van der Waals surface area contributed by atoms with Crippen molar-refractivity contribution in [2.75, 3.05) is 0 Å². The minimum atomic E-state index is -0.850. The van der Waals surface area contributed by atoms with Crippen LogP contribution in [-0.2, 0) is 14.3 Å². The second-order valence-electron chi connectivity index (χ2n) is 6.99. The average Bonchev–Trinajstić information content (AvgIpc) is 3.16. The Balaban J connectivity index is 1.48. The molecule has 0 saturated heterocycles. The van der Waals surface area contributed by atoms with E-state index in [4.69, 9.17) is 4.74 Å². The molecule has 0 aromatic heterocycles. The van der Waals surface area contributed by atoms with Gasteiger partial charge in [-0.1, -0.05) is 12.2 Å². The van der Waals surface area contributed by atoms with E-state index in [1.54, 1.807) is 0 Å². The number of rotatable bonds is 3. The van der Waals surface area contributed by atoms with E-state index in [-0.39, 0.29) is 23.9 Å². The molecule has 108 valence electrons. The highest BCUT2D eigenvalue weighted by atomic mass is 16.5. The van der Waals surface area contributed by atoms with Gasteiger partial charge in [0.2, 0.25) is 0 Å². The molecular formula is C16H20O4. The molecule has 0 unspecified atom stereocenters. The molecule has 1 N–H and O–H groups in total. The summed E-state index contributed by atoms with van der Waals surface area (Å²) in [5, 5.41) is 9.38. The smallest absolute Gasteiger partial charge is 0.310 e. The molecule has 0 aromatic carbocycles. The van der Waals surface area contributed by atoms with Gasteiger partial charge >= 0.3 is 11.9 Å². The largest absolute Gasteiger partial charge is 0.481 e. The molecule has 7 atom stereocenters. The van der Waals surface area contributed by atoms with E-state index in [0.29, 0.717) is 5.92 Å². The van der Waals surface area contributed by atoms with Crippen LogP contribution in [0, 0.1) is 35.5 Å². The number of carbonyl (C=O) groups excluding carboxylic acids is 1. The molecule has 4 bridgehead atoms. The fraction of sp³-hybridized carbons (Fsp3) is 0.750. The van der Waals surface area contributed by atoms with Crippen molar-refractivity contribution < 1.29 is 19.4 Å². The van der Waals surface area contributed by atoms with Crippen LogP contribution in [0.15, 0.2) is 12.2 Å². The van der Waals surface area contributed by atoms with Crippen molar-refractivity contribution in [3.05, 3.63) is 12.2 Å². The Bertz CT molecular complexity index is 483. The van der Waals surface area contributed by atoms with Crippen LogP contribution in [0.5, 0.6) is 0 Å². The van der Waals surface area contributed by atoms with Crippen molar-refractivity contribution in [1.82, 2.24) is 0 Å². The lowest BCUT2D eigenvalue weighted by molar-refractivity contribution is -0.164. The summed E-state index contributed by atoms with van der Waals surface area (Å²) in [6.45, 7) is 0. The lowest BCUT2D eigenvalue weighted by Crippen LogP contribution is -2.37. The van der Waals surface area contributed by atoms with E-state index in [0.717, 1.165) is 18.8 Å². The first-order chi connectivity index (χ1) is 9.63. The van der Waals surface area contributed by atoms with Gasteiger partial charge in [0, 0.05) is 0 Å². The molecule has 0 heterocycles. The Morgan fingerprint density at radius 2 is 1.75 bits per heavy atom. The highest BCUT2D eigenvalue weighted by Gasteiger charge is 2.53. The number of aliphatic carboxylic acids is 1. The summed E-state index contributed by atoms with van der Waals surface area (Å²) < 4.78 is 5.73. The van der Waals surface area contributed by atoms with Gasteiger partial charge in [-0.25, -0.2) is 0 Å². The van der Waals surface area contributed by atoms with Crippen molar-refractivity contribution in [3.8, 4) is 0 Å². The van der Waals surface area contributed by atoms with Crippen LogP contribution in [0.4, 0.5) is 0 Å². The zero-order valence-electron chi connectivity index (χ0n) is 11.4. The van der Waals surface area contributed by atoms with Crippen LogP contribution in [-0.4, -0.2) is 23.1 Å². The van der Waals surface area contributed by atoms with Crippen LogP contribution < -0.4 is 0 Å².